The van der Waals surface area contributed by atoms with Gasteiger partial charge in [0, 0.05) is 32.9 Å². The smallest absolute Gasteiger partial charge is 0.224 e. The highest BCUT2D eigenvalue weighted by atomic mass is 79.9. The fourth-order valence-electron chi connectivity index (χ4n) is 1.61. The molecule has 0 saturated carbocycles. The van der Waals surface area contributed by atoms with Crippen LogP contribution in [0.25, 0.3) is 0 Å². The van der Waals surface area contributed by atoms with E-state index in [9.17, 15) is 4.79 Å². The van der Waals surface area contributed by atoms with Gasteiger partial charge in [0.25, 0.3) is 0 Å². The highest BCUT2D eigenvalue weighted by Gasteiger charge is 2.07. The van der Waals surface area contributed by atoms with Gasteiger partial charge in [-0.1, -0.05) is 0 Å². The predicted molar refractivity (Wildman–Crippen MR) is 79.1 cm³/mol. The van der Waals surface area contributed by atoms with E-state index >= 15 is 0 Å². The Hall–Kier alpha value is -1.24. The van der Waals surface area contributed by atoms with Crippen LogP contribution >= 0.6 is 27.3 Å². The van der Waals surface area contributed by atoms with Crippen molar-refractivity contribution in [2.24, 2.45) is 0 Å². The summed E-state index contributed by atoms with van der Waals surface area (Å²) in [6.45, 7) is -0.115. The van der Waals surface area contributed by atoms with Crippen molar-refractivity contribution in [1.82, 2.24) is 4.98 Å². The molecule has 0 fully saturated rings. The summed E-state index contributed by atoms with van der Waals surface area (Å²) in [5.74, 6) is -0.0766. The van der Waals surface area contributed by atoms with E-state index in [0.717, 1.165) is 9.35 Å². The number of aromatic nitrogens is 1. The molecule has 0 aromatic carbocycles. The lowest BCUT2D eigenvalue weighted by molar-refractivity contribution is -0.116. The van der Waals surface area contributed by atoms with Crippen molar-refractivity contribution in [2.75, 3.05) is 5.32 Å². The molecule has 0 saturated heterocycles. The minimum Gasteiger partial charge on any atom is -0.392 e. The summed E-state index contributed by atoms with van der Waals surface area (Å²) in [6, 6.07) is 3.70. The minimum atomic E-state index is -0.115. The van der Waals surface area contributed by atoms with Gasteiger partial charge in [0.2, 0.25) is 5.91 Å². The number of thiophene rings is 1. The van der Waals surface area contributed by atoms with Crippen LogP contribution in [-0.2, 0) is 17.8 Å². The number of carbonyl (C=O) groups excluding carboxylic acids is 1. The van der Waals surface area contributed by atoms with Gasteiger partial charge in [-0.3, -0.25) is 9.78 Å². The maximum absolute atomic E-state index is 11.8. The van der Waals surface area contributed by atoms with Crippen LogP contribution in [0.4, 0.5) is 5.69 Å². The number of nitrogens with one attached hydrogen (secondary N) is 1. The van der Waals surface area contributed by atoms with Crippen molar-refractivity contribution < 1.29 is 9.90 Å². The van der Waals surface area contributed by atoms with E-state index in [1.54, 1.807) is 29.8 Å². The van der Waals surface area contributed by atoms with E-state index in [0.29, 0.717) is 24.1 Å². The van der Waals surface area contributed by atoms with Gasteiger partial charge in [0.15, 0.2) is 0 Å². The molecule has 1 amide bonds. The zero-order chi connectivity index (χ0) is 13.7. The topological polar surface area (TPSA) is 62.2 Å². The first kappa shape index (κ1) is 14.2. The van der Waals surface area contributed by atoms with Gasteiger partial charge >= 0.3 is 0 Å². The van der Waals surface area contributed by atoms with Crippen LogP contribution in [0.1, 0.15) is 16.9 Å². The second-order valence-electron chi connectivity index (χ2n) is 3.97. The molecule has 0 bridgehead atoms. The molecular weight excluding hydrogens is 328 g/mol. The van der Waals surface area contributed by atoms with E-state index in [1.807, 2.05) is 11.4 Å². The molecule has 2 heterocycles. The molecule has 19 heavy (non-hydrogen) atoms. The molecule has 0 aliphatic carbocycles. The first-order chi connectivity index (χ1) is 9.19. The monoisotopic (exact) mass is 340 g/mol. The molecule has 6 heteroatoms. The largest absolute Gasteiger partial charge is 0.392 e. The Bertz CT molecular complexity index is 571. The Balaban J connectivity index is 1.90. The normalized spacial score (nSPS) is 10.4. The van der Waals surface area contributed by atoms with Crippen molar-refractivity contribution in [3.8, 4) is 0 Å². The van der Waals surface area contributed by atoms with E-state index in [2.05, 4.69) is 26.2 Å². The maximum Gasteiger partial charge on any atom is 0.224 e. The van der Waals surface area contributed by atoms with Gasteiger partial charge in [-0.2, -0.15) is 0 Å². The number of hydrogen-bond donors (Lipinski definition) is 2. The van der Waals surface area contributed by atoms with Crippen molar-refractivity contribution in [3.63, 3.8) is 0 Å². The molecule has 0 unspecified atom stereocenters. The highest BCUT2D eigenvalue weighted by molar-refractivity contribution is 9.10. The second-order valence-corrected chi connectivity index (χ2v) is 5.88. The van der Waals surface area contributed by atoms with Crippen LogP contribution in [0.5, 0.6) is 0 Å². The van der Waals surface area contributed by atoms with Crippen molar-refractivity contribution in [3.05, 3.63) is 44.8 Å². The Kier molecular flexibility index (Phi) is 5.07. The second kappa shape index (κ2) is 6.79. The van der Waals surface area contributed by atoms with Crippen molar-refractivity contribution in [1.29, 1.82) is 0 Å². The quantitative estimate of drug-likeness (QED) is 0.879. The molecule has 0 spiro atoms. The average Bonchev–Trinajstić information content (AvgIpc) is 2.83. The molecule has 2 aromatic rings. The Morgan fingerprint density at radius 3 is 3.05 bits per heavy atom. The number of aryl methyl sites for hydroxylation is 1. The molecule has 2 N–H and O–H groups in total. The third kappa shape index (κ3) is 4.12. The van der Waals surface area contributed by atoms with Gasteiger partial charge in [0.05, 0.1) is 18.5 Å². The average molecular weight is 341 g/mol. The molecular formula is C13H13BrN2O2S. The standard InChI is InChI=1S/C13H13BrN2O2S/c14-10-5-11(19-8-10)1-2-13(18)16-12-6-15-4-3-9(12)7-17/h3-6,8,17H,1-2,7H2,(H,16,18). The number of hydrogen-bond acceptors (Lipinski definition) is 4. The summed E-state index contributed by atoms with van der Waals surface area (Å²) in [4.78, 5) is 16.9. The van der Waals surface area contributed by atoms with E-state index in [4.69, 9.17) is 5.11 Å². The number of pyridine rings is 1. The fraction of sp³-hybridized carbons (Fsp3) is 0.231. The van der Waals surface area contributed by atoms with Gasteiger partial charge in [0.1, 0.15) is 0 Å². The van der Waals surface area contributed by atoms with E-state index in [-0.39, 0.29) is 12.5 Å². The lowest BCUT2D eigenvalue weighted by Crippen LogP contribution is -2.13. The van der Waals surface area contributed by atoms with Gasteiger partial charge in [-0.05, 0) is 34.5 Å². The van der Waals surface area contributed by atoms with Crippen LogP contribution < -0.4 is 5.32 Å². The Morgan fingerprint density at radius 1 is 1.53 bits per heavy atom. The fourth-order valence-corrected chi connectivity index (χ4v) is 3.06. The summed E-state index contributed by atoms with van der Waals surface area (Å²) in [5.41, 5.74) is 1.24. The minimum absolute atomic E-state index is 0.0766. The molecule has 4 nitrogen and oxygen atoms in total. The number of rotatable bonds is 5. The molecule has 0 aliphatic heterocycles. The summed E-state index contributed by atoms with van der Waals surface area (Å²) >= 11 is 5.01. The predicted octanol–water partition coefficient (Wildman–Crippen LogP) is 2.97. The van der Waals surface area contributed by atoms with E-state index in [1.165, 1.54) is 0 Å². The number of carbonyl (C=O) groups is 1. The summed E-state index contributed by atoms with van der Waals surface area (Å²) in [5, 5.41) is 13.9. The van der Waals surface area contributed by atoms with Crippen LogP contribution in [0.2, 0.25) is 0 Å². The summed E-state index contributed by atoms with van der Waals surface area (Å²) in [7, 11) is 0. The number of aliphatic hydroxyl groups excluding tert-OH is 1. The first-order valence-corrected chi connectivity index (χ1v) is 7.43. The van der Waals surface area contributed by atoms with Crippen LogP contribution in [0.15, 0.2) is 34.4 Å². The van der Waals surface area contributed by atoms with Crippen molar-refractivity contribution in [2.45, 2.75) is 19.4 Å². The molecule has 100 valence electrons. The zero-order valence-electron chi connectivity index (χ0n) is 10.1. The maximum atomic E-state index is 11.8. The van der Waals surface area contributed by atoms with Crippen LogP contribution in [-0.4, -0.2) is 16.0 Å². The van der Waals surface area contributed by atoms with Gasteiger partial charge in [-0.25, -0.2) is 0 Å². The van der Waals surface area contributed by atoms with E-state index < -0.39 is 0 Å². The van der Waals surface area contributed by atoms with Crippen LogP contribution in [0.3, 0.4) is 0 Å². The number of aliphatic hydroxyl groups is 1. The van der Waals surface area contributed by atoms with Gasteiger partial charge in [-0.15, -0.1) is 11.3 Å². The number of nitrogens with zero attached hydrogens (tertiary/aromatic N) is 1. The lowest BCUT2D eigenvalue weighted by atomic mass is 10.2. The zero-order valence-corrected chi connectivity index (χ0v) is 12.5. The highest BCUT2D eigenvalue weighted by Crippen LogP contribution is 2.21. The number of halogens is 1. The Labute approximate surface area is 123 Å². The number of amides is 1. The Morgan fingerprint density at radius 2 is 2.37 bits per heavy atom. The van der Waals surface area contributed by atoms with Gasteiger partial charge < -0.3 is 10.4 Å². The number of anilines is 1. The molecule has 0 aliphatic rings. The SMILES string of the molecule is O=C(CCc1cc(Br)cs1)Nc1cnccc1CO. The third-order valence-corrected chi connectivity index (χ3v) is 4.33. The third-order valence-electron chi connectivity index (χ3n) is 2.58. The molecule has 0 atom stereocenters. The molecule has 2 aromatic heterocycles. The first-order valence-electron chi connectivity index (χ1n) is 5.75. The summed E-state index contributed by atoms with van der Waals surface area (Å²) in [6.07, 6.45) is 4.25. The molecule has 2 rings (SSSR count). The van der Waals surface area contributed by atoms with Crippen LogP contribution in [0, 0.1) is 0 Å². The van der Waals surface area contributed by atoms with Crippen molar-refractivity contribution >= 4 is 38.9 Å². The molecule has 0 radical (unpaired) electrons. The summed E-state index contributed by atoms with van der Waals surface area (Å²) < 4.78 is 1.04. The lowest BCUT2D eigenvalue weighted by Gasteiger charge is -2.08.